The van der Waals surface area contributed by atoms with E-state index in [1.165, 1.54) is 0 Å². The number of ether oxygens (including phenoxy) is 1. The highest BCUT2D eigenvalue weighted by Crippen LogP contribution is 2.69. The van der Waals surface area contributed by atoms with Crippen LogP contribution >= 0.6 is 0 Å². The van der Waals surface area contributed by atoms with Gasteiger partial charge in [-0.2, -0.15) is 0 Å². The standard InChI is InChI=1S/C23H34BNO4/c1-16(2)27-19-10-8-7-9-17(19)13-20(26)25-12-11-23(14-18(23)15-25)24-28-21(3,4)22(5,6)29-24/h7-10,16,18H,11-15H2,1-6H3. The fraction of sp³-hybridized carbons (Fsp3) is 0.696. The van der Waals surface area contributed by atoms with Crippen molar-refractivity contribution < 1.29 is 18.8 Å². The maximum absolute atomic E-state index is 13.0. The number of likely N-dealkylation sites (tertiary alicyclic amines) is 1. The molecule has 29 heavy (non-hydrogen) atoms. The number of benzene rings is 1. The zero-order chi connectivity index (χ0) is 21.0. The number of carbonyl (C=O) groups excluding carboxylic acids is 1. The molecule has 158 valence electrons. The Morgan fingerprint density at radius 2 is 1.86 bits per heavy atom. The number of fused-ring (bicyclic) bond motifs is 1. The van der Waals surface area contributed by atoms with Crippen molar-refractivity contribution in [2.45, 2.75) is 83.4 Å². The highest BCUT2D eigenvalue weighted by molar-refractivity contribution is 6.51. The van der Waals surface area contributed by atoms with Gasteiger partial charge in [0, 0.05) is 24.0 Å². The zero-order valence-electron chi connectivity index (χ0n) is 18.7. The Labute approximate surface area is 175 Å². The number of hydrogen-bond acceptors (Lipinski definition) is 4. The summed E-state index contributed by atoms with van der Waals surface area (Å²) in [7, 11) is -0.157. The minimum atomic E-state index is -0.299. The summed E-state index contributed by atoms with van der Waals surface area (Å²) in [5, 5.41) is 0.0838. The lowest BCUT2D eigenvalue weighted by molar-refractivity contribution is -0.131. The number of amides is 1. The maximum atomic E-state index is 13.0. The lowest BCUT2D eigenvalue weighted by Crippen LogP contribution is -2.42. The molecule has 3 fully saturated rings. The van der Waals surface area contributed by atoms with Crippen LogP contribution in [0.3, 0.4) is 0 Å². The normalized spacial score (nSPS) is 29.7. The Balaban J connectivity index is 1.38. The molecular weight excluding hydrogens is 365 g/mol. The first kappa shape index (κ1) is 20.7. The molecule has 0 N–H and O–H groups in total. The van der Waals surface area contributed by atoms with Gasteiger partial charge in [-0.3, -0.25) is 4.79 Å². The van der Waals surface area contributed by atoms with Crippen LogP contribution in [0.5, 0.6) is 5.75 Å². The van der Waals surface area contributed by atoms with Crippen LogP contribution in [-0.4, -0.2) is 48.3 Å². The first-order valence-corrected chi connectivity index (χ1v) is 10.9. The van der Waals surface area contributed by atoms with Crippen molar-refractivity contribution in [2.24, 2.45) is 5.92 Å². The second kappa shape index (κ2) is 7.02. The van der Waals surface area contributed by atoms with Crippen LogP contribution in [0, 0.1) is 5.92 Å². The molecule has 4 rings (SSSR count). The van der Waals surface area contributed by atoms with Crippen molar-refractivity contribution in [1.29, 1.82) is 0 Å². The molecule has 2 heterocycles. The lowest BCUT2D eigenvalue weighted by atomic mass is 9.63. The Morgan fingerprint density at radius 3 is 2.48 bits per heavy atom. The number of piperidine rings is 1. The van der Waals surface area contributed by atoms with Gasteiger partial charge in [0.1, 0.15) is 5.75 Å². The molecule has 1 saturated carbocycles. The molecule has 2 unspecified atom stereocenters. The van der Waals surface area contributed by atoms with E-state index in [2.05, 4.69) is 27.7 Å². The van der Waals surface area contributed by atoms with Gasteiger partial charge in [0.2, 0.25) is 5.91 Å². The highest BCUT2D eigenvalue weighted by atomic mass is 16.7. The SMILES string of the molecule is CC(C)Oc1ccccc1CC(=O)N1CCC2(B3OC(C)(C)C(C)(C)O3)CC2C1. The summed E-state index contributed by atoms with van der Waals surface area (Å²) < 4.78 is 18.6. The molecule has 0 radical (unpaired) electrons. The van der Waals surface area contributed by atoms with Gasteiger partial charge in [-0.1, -0.05) is 18.2 Å². The zero-order valence-corrected chi connectivity index (χ0v) is 18.7. The number of nitrogens with zero attached hydrogens (tertiary/aromatic N) is 1. The minimum Gasteiger partial charge on any atom is -0.491 e. The van der Waals surface area contributed by atoms with Crippen LogP contribution in [-0.2, 0) is 20.5 Å². The second-order valence-corrected chi connectivity index (χ2v) is 10.3. The van der Waals surface area contributed by atoms with E-state index >= 15 is 0 Å². The Morgan fingerprint density at radius 1 is 1.21 bits per heavy atom. The summed E-state index contributed by atoms with van der Waals surface area (Å²) in [6.07, 6.45) is 2.51. The monoisotopic (exact) mass is 399 g/mol. The predicted octanol–water partition coefficient (Wildman–Crippen LogP) is 4.10. The molecule has 1 amide bonds. The van der Waals surface area contributed by atoms with Crippen molar-refractivity contribution in [3.05, 3.63) is 29.8 Å². The van der Waals surface area contributed by atoms with Gasteiger partial charge >= 0.3 is 7.12 Å². The van der Waals surface area contributed by atoms with Crippen molar-refractivity contribution in [2.75, 3.05) is 13.1 Å². The molecule has 2 saturated heterocycles. The fourth-order valence-electron chi connectivity index (χ4n) is 4.66. The van der Waals surface area contributed by atoms with E-state index in [0.717, 1.165) is 37.2 Å². The molecule has 2 atom stereocenters. The number of hydrogen-bond donors (Lipinski definition) is 0. The van der Waals surface area contributed by atoms with Crippen LogP contribution in [0.4, 0.5) is 0 Å². The van der Waals surface area contributed by atoms with Gasteiger partial charge in [0.05, 0.1) is 23.7 Å². The molecule has 1 aromatic carbocycles. The first-order chi connectivity index (χ1) is 13.5. The fourth-order valence-corrected chi connectivity index (χ4v) is 4.66. The molecule has 1 aromatic rings. The molecule has 1 aliphatic carbocycles. The third-order valence-electron chi connectivity index (χ3n) is 7.32. The summed E-state index contributed by atoms with van der Waals surface area (Å²) in [4.78, 5) is 15.0. The van der Waals surface area contributed by atoms with E-state index in [0.29, 0.717) is 12.3 Å². The molecule has 0 aromatic heterocycles. The minimum absolute atomic E-state index is 0.0838. The third kappa shape index (κ3) is 3.70. The van der Waals surface area contributed by atoms with Gasteiger partial charge in [-0.05, 0) is 66.4 Å². The summed E-state index contributed by atoms with van der Waals surface area (Å²) in [6, 6.07) is 7.86. The smallest absolute Gasteiger partial charge is 0.464 e. The topological polar surface area (TPSA) is 48.0 Å². The molecule has 2 aliphatic heterocycles. The van der Waals surface area contributed by atoms with Gasteiger partial charge in [-0.25, -0.2) is 0 Å². The van der Waals surface area contributed by atoms with Gasteiger partial charge in [-0.15, -0.1) is 0 Å². The van der Waals surface area contributed by atoms with E-state index in [1.807, 2.05) is 43.0 Å². The van der Waals surface area contributed by atoms with E-state index < -0.39 is 0 Å². The molecule has 6 heteroatoms. The van der Waals surface area contributed by atoms with E-state index in [1.54, 1.807) is 0 Å². The summed E-state index contributed by atoms with van der Waals surface area (Å²) in [5.74, 6) is 1.46. The van der Waals surface area contributed by atoms with Crippen LogP contribution in [0.15, 0.2) is 24.3 Å². The van der Waals surface area contributed by atoms with Crippen LogP contribution < -0.4 is 4.74 Å². The number of para-hydroxylation sites is 1. The molecule has 5 nitrogen and oxygen atoms in total. The molecule has 0 bridgehead atoms. The molecule has 0 spiro atoms. The number of carbonyl (C=O) groups is 1. The Bertz CT molecular complexity index is 777. The molecule has 3 aliphatic rings. The average molecular weight is 399 g/mol. The van der Waals surface area contributed by atoms with Gasteiger partial charge in [0.15, 0.2) is 0 Å². The largest absolute Gasteiger partial charge is 0.491 e. The first-order valence-electron chi connectivity index (χ1n) is 10.9. The lowest BCUT2D eigenvalue weighted by Gasteiger charge is -2.33. The number of rotatable bonds is 5. The highest BCUT2D eigenvalue weighted by Gasteiger charge is 2.70. The van der Waals surface area contributed by atoms with Crippen LogP contribution in [0.1, 0.15) is 59.9 Å². The molecular formula is C23H34BNO4. The maximum Gasteiger partial charge on any atom is 0.464 e. The predicted molar refractivity (Wildman–Crippen MR) is 114 cm³/mol. The third-order valence-corrected chi connectivity index (χ3v) is 7.32. The quantitative estimate of drug-likeness (QED) is 0.700. The summed E-state index contributed by atoms with van der Waals surface area (Å²) >= 11 is 0. The van der Waals surface area contributed by atoms with Crippen molar-refractivity contribution in [3.8, 4) is 5.75 Å². The van der Waals surface area contributed by atoms with E-state index in [9.17, 15) is 4.79 Å². The van der Waals surface area contributed by atoms with Crippen molar-refractivity contribution in [3.63, 3.8) is 0 Å². The van der Waals surface area contributed by atoms with E-state index in [4.69, 9.17) is 14.0 Å². The van der Waals surface area contributed by atoms with Gasteiger partial charge in [0.25, 0.3) is 0 Å². The van der Waals surface area contributed by atoms with Gasteiger partial charge < -0.3 is 18.9 Å². The van der Waals surface area contributed by atoms with Crippen molar-refractivity contribution >= 4 is 13.0 Å². The Kier molecular flexibility index (Phi) is 5.02. The van der Waals surface area contributed by atoms with E-state index in [-0.39, 0.29) is 35.6 Å². The second-order valence-electron chi connectivity index (χ2n) is 10.3. The summed E-state index contributed by atoms with van der Waals surface area (Å²) in [6.45, 7) is 14.0. The van der Waals surface area contributed by atoms with Crippen LogP contribution in [0.2, 0.25) is 5.31 Å². The van der Waals surface area contributed by atoms with Crippen LogP contribution in [0.25, 0.3) is 0 Å². The Hall–Kier alpha value is -1.53. The average Bonchev–Trinajstić information content (AvgIpc) is 3.31. The summed E-state index contributed by atoms with van der Waals surface area (Å²) in [5.41, 5.74) is 0.365. The van der Waals surface area contributed by atoms with Crippen molar-refractivity contribution in [1.82, 2.24) is 4.90 Å².